The van der Waals surface area contributed by atoms with E-state index in [-0.39, 0.29) is 11.8 Å². The van der Waals surface area contributed by atoms with E-state index in [0.717, 1.165) is 42.6 Å². The molecule has 3 N–H and O–H groups in total. The van der Waals surface area contributed by atoms with Crippen LogP contribution in [0.25, 0.3) is 11.3 Å². The number of pyridine rings is 1. The minimum Gasteiger partial charge on any atom is -0.465 e. The van der Waals surface area contributed by atoms with E-state index < -0.39 is 12.1 Å². The Labute approximate surface area is 163 Å². The van der Waals surface area contributed by atoms with E-state index in [0.29, 0.717) is 11.7 Å². The van der Waals surface area contributed by atoms with Crippen molar-refractivity contribution >= 4 is 17.8 Å². The van der Waals surface area contributed by atoms with Crippen LogP contribution in [0.15, 0.2) is 18.3 Å². The first-order valence-corrected chi connectivity index (χ1v) is 9.48. The predicted octanol–water partition coefficient (Wildman–Crippen LogP) is 2.59. The van der Waals surface area contributed by atoms with Gasteiger partial charge in [-0.15, -0.1) is 5.10 Å². The highest BCUT2D eigenvalue weighted by Crippen LogP contribution is 2.31. The van der Waals surface area contributed by atoms with E-state index in [4.69, 9.17) is 5.11 Å². The molecule has 2 heterocycles. The normalized spacial score (nSPS) is 20.4. The third-order valence-corrected chi connectivity index (χ3v) is 5.38. The molecule has 2 aromatic rings. The average Bonchev–Trinajstić information content (AvgIpc) is 2.99. The number of hydrogen-bond donors (Lipinski definition) is 3. The second-order valence-electron chi connectivity index (χ2n) is 7.52. The zero-order valence-electron chi connectivity index (χ0n) is 16.3. The summed E-state index contributed by atoms with van der Waals surface area (Å²) in [5.74, 6) is 0.613. The molecular weight excluding hydrogens is 360 g/mol. The Balaban J connectivity index is 1.71. The molecule has 0 bridgehead atoms. The quantitative estimate of drug-likeness (QED) is 0.726. The number of carbonyl (C=O) groups excluding carboxylic acids is 1. The third-order valence-electron chi connectivity index (χ3n) is 5.38. The molecule has 0 spiro atoms. The Kier molecular flexibility index (Phi) is 5.91. The number of rotatable bonds is 5. The molecule has 150 valence electrons. The molecule has 0 radical (unpaired) electrons. The lowest BCUT2D eigenvalue weighted by Gasteiger charge is -2.31. The zero-order chi connectivity index (χ0) is 20.3. The molecule has 3 rings (SSSR count). The molecule has 1 fully saturated rings. The fourth-order valence-corrected chi connectivity index (χ4v) is 3.82. The van der Waals surface area contributed by atoms with Gasteiger partial charge in [0.05, 0.1) is 11.4 Å². The van der Waals surface area contributed by atoms with Gasteiger partial charge in [-0.05, 0) is 43.7 Å². The molecule has 9 nitrogen and oxygen atoms in total. The van der Waals surface area contributed by atoms with Crippen LogP contribution in [-0.4, -0.2) is 43.1 Å². The summed E-state index contributed by atoms with van der Waals surface area (Å²) in [4.78, 5) is 28.2. The van der Waals surface area contributed by atoms with Crippen LogP contribution in [0.1, 0.15) is 38.3 Å². The minimum atomic E-state index is -1.19. The van der Waals surface area contributed by atoms with Gasteiger partial charge in [-0.1, -0.05) is 25.0 Å². The van der Waals surface area contributed by atoms with Crippen molar-refractivity contribution in [1.29, 1.82) is 0 Å². The Morgan fingerprint density at radius 1 is 1.25 bits per heavy atom. The maximum absolute atomic E-state index is 12.7. The standard InChI is InChI=1S/C19H26N6O3/c1-11-4-6-13(7-5-11)16(22-19(27)28)18(26)21-15-9-8-14(10-20-15)17-12(2)23-24-25(17)3/h8-11,13,16,22H,4-7H2,1-3H3,(H,27,28)(H,20,21,26)/t11?,13?,16-/m0/s1. The van der Waals surface area contributed by atoms with Gasteiger partial charge in [0.15, 0.2) is 0 Å². The van der Waals surface area contributed by atoms with Crippen molar-refractivity contribution in [3.8, 4) is 11.3 Å². The molecule has 1 aliphatic carbocycles. The molecule has 0 unspecified atom stereocenters. The molecule has 0 aliphatic heterocycles. The summed E-state index contributed by atoms with van der Waals surface area (Å²) < 4.78 is 1.67. The Hall–Kier alpha value is -2.97. The third kappa shape index (κ3) is 4.47. The minimum absolute atomic E-state index is 0.00487. The van der Waals surface area contributed by atoms with Crippen LogP contribution >= 0.6 is 0 Å². The molecule has 1 aliphatic rings. The number of carboxylic acid groups (broad SMARTS) is 1. The summed E-state index contributed by atoms with van der Waals surface area (Å²) in [7, 11) is 1.80. The van der Waals surface area contributed by atoms with Crippen LogP contribution in [-0.2, 0) is 11.8 Å². The highest BCUT2D eigenvalue weighted by Gasteiger charge is 2.32. The number of nitrogens with zero attached hydrogens (tertiary/aromatic N) is 4. The first-order chi connectivity index (χ1) is 13.3. The van der Waals surface area contributed by atoms with Crippen molar-refractivity contribution in [3.63, 3.8) is 0 Å². The molecule has 2 amide bonds. The topological polar surface area (TPSA) is 122 Å². The van der Waals surface area contributed by atoms with Crippen molar-refractivity contribution in [3.05, 3.63) is 24.0 Å². The summed E-state index contributed by atoms with van der Waals surface area (Å²) in [6.45, 7) is 4.05. The lowest BCUT2D eigenvalue weighted by atomic mass is 9.79. The largest absolute Gasteiger partial charge is 0.465 e. The first-order valence-electron chi connectivity index (χ1n) is 9.48. The lowest BCUT2D eigenvalue weighted by Crippen LogP contribution is -2.49. The summed E-state index contributed by atoms with van der Waals surface area (Å²) in [6.07, 6.45) is 4.11. The van der Waals surface area contributed by atoms with Gasteiger partial charge in [0.1, 0.15) is 11.9 Å². The maximum Gasteiger partial charge on any atom is 0.405 e. The van der Waals surface area contributed by atoms with E-state index in [9.17, 15) is 9.59 Å². The SMILES string of the molecule is Cc1nnn(C)c1-c1ccc(NC(=O)[C@@H](NC(=O)O)C2CCC(C)CC2)nc1. The fraction of sp³-hybridized carbons (Fsp3) is 0.526. The predicted molar refractivity (Wildman–Crippen MR) is 104 cm³/mol. The number of amides is 2. The van der Waals surface area contributed by atoms with Crippen LogP contribution in [0.5, 0.6) is 0 Å². The van der Waals surface area contributed by atoms with Gasteiger partial charge in [-0.2, -0.15) is 0 Å². The van der Waals surface area contributed by atoms with Gasteiger partial charge in [-0.3, -0.25) is 4.79 Å². The van der Waals surface area contributed by atoms with E-state index >= 15 is 0 Å². The van der Waals surface area contributed by atoms with Gasteiger partial charge in [0, 0.05) is 18.8 Å². The van der Waals surface area contributed by atoms with E-state index in [1.165, 1.54) is 0 Å². The zero-order valence-corrected chi connectivity index (χ0v) is 16.3. The Morgan fingerprint density at radius 3 is 2.50 bits per heavy atom. The smallest absolute Gasteiger partial charge is 0.405 e. The van der Waals surface area contributed by atoms with Gasteiger partial charge in [0.25, 0.3) is 0 Å². The van der Waals surface area contributed by atoms with Crippen molar-refractivity contribution in [1.82, 2.24) is 25.3 Å². The van der Waals surface area contributed by atoms with Crippen LogP contribution in [0.3, 0.4) is 0 Å². The number of nitrogens with one attached hydrogen (secondary N) is 2. The van der Waals surface area contributed by atoms with Crippen molar-refractivity contribution in [2.75, 3.05) is 5.32 Å². The summed E-state index contributed by atoms with van der Waals surface area (Å²) in [5, 5.41) is 22.3. The number of carbonyl (C=O) groups is 2. The molecule has 1 saturated carbocycles. The van der Waals surface area contributed by atoms with Crippen molar-refractivity contribution in [2.24, 2.45) is 18.9 Å². The number of aryl methyl sites for hydroxylation is 2. The number of aromatic nitrogens is 4. The van der Waals surface area contributed by atoms with Crippen LogP contribution < -0.4 is 10.6 Å². The van der Waals surface area contributed by atoms with Gasteiger partial charge in [-0.25, -0.2) is 14.5 Å². The van der Waals surface area contributed by atoms with Crippen LogP contribution in [0, 0.1) is 18.8 Å². The molecular formula is C19H26N6O3. The lowest BCUT2D eigenvalue weighted by molar-refractivity contribution is -0.119. The molecule has 2 aromatic heterocycles. The first kappa shape index (κ1) is 19.8. The van der Waals surface area contributed by atoms with Crippen molar-refractivity contribution in [2.45, 2.75) is 45.6 Å². The Bertz CT molecular complexity index is 820. The molecule has 9 heteroatoms. The van der Waals surface area contributed by atoms with Crippen molar-refractivity contribution < 1.29 is 14.7 Å². The molecule has 28 heavy (non-hydrogen) atoms. The summed E-state index contributed by atoms with van der Waals surface area (Å²) in [5.41, 5.74) is 2.48. The fourth-order valence-electron chi connectivity index (χ4n) is 3.82. The highest BCUT2D eigenvalue weighted by atomic mass is 16.4. The van der Waals surface area contributed by atoms with E-state index in [1.54, 1.807) is 24.0 Å². The second kappa shape index (κ2) is 8.37. The van der Waals surface area contributed by atoms with E-state index in [1.807, 2.05) is 13.0 Å². The van der Waals surface area contributed by atoms with Gasteiger partial charge >= 0.3 is 6.09 Å². The molecule has 1 atom stereocenters. The molecule has 0 aromatic carbocycles. The van der Waals surface area contributed by atoms with Crippen LogP contribution in [0.4, 0.5) is 10.6 Å². The maximum atomic E-state index is 12.7. The summed E-state index contributed by atoms with van der Waals surface area (Å²) in [6, 6.07) is 2.74. The van der Waals surface area contributed by atoms with Gasteiger partial charge in [0.2, 0.25) is 5.91 Å². The second-order valence-corrected chi connectivity index (χ2v) is 7.52. The average molecular weight is 386 g/mol. The highest BCUT2D eigenvalue weighted by molar-refractivity contribution is 5.96. The molecule has 0 saturated heterocycles. The summed E-state index contributed by atoms with van der Waals surface area (Å²) >= 11 is 0. The number of hydrogen-bond acceptors (Lipinski definition) is 5. The monoisotopic (exact) mass is 386 g/mol. The van der Waals surface area contributed by atoms with Crippen LogP contribution in [0.2, 0.25) is 0 Å². The van der Waals surface area contributed by atoms with E-state index in [2.05, 4.69) is 32.9 Å². The van der Waals surface area contributed by atoms with Gasteiger partial charge < -0.3 is 15.7 Å². The number of anilines is 1. The Morgan fingerprint density at radius 2 is 1.96 bits per heavy atom.